The molecule has 0 fully saturated rings. The maximum absolute atomic E-state index is 12.2. The van der Waals surface area contributed by atoms with Gasteiger partial charge in [-0.3, -0.25) is 4.79 Å². The first kappa shape index (κ1) is 16.1. The lowest BCUT2D eigenvalue weighted by atomic mass is 10.1. The summed E-state index contributed by atoms with van der Waals surface area (Å²) < 4.78 is 2.66. The molecule has 0 aliphatic rings. The first-order valence-electron chi connectivity index (χ1n) is 7.33. The van der Waals surface area contributed by atoms with Crippen LogP contribution in [-0.4, -0.2) is 21.2 Å². The largest absolute Gasteiger partial charge is 0.306 e. The minimum atomic E-state index is -0.253. The molecule has 1 aromatic heterocycles. The number of benzene rings is 2. The smallest absolute Gasteiger partial charge is 0.272 e. The maximum atomic E-state index is 12.2. The number of imidazole rings is 1. The highest BCUT2D eigenvalue weighted by Crippen LogP contribution is 2.15. The number of amides is 1. The lowest BCUT2D eigenvalue weighted by Gasteiger charge is -2.06. The fraction of sp³-hybridized carbons (Fsp3) is 0.0556. The van der Waals surface area contributed by atoms with Crippen LogP contribution in [0.1, 0.15) is 22.8 Å². The van der Waals surface area contributed by atoms with Crippen molar-refractivity contribution in [2.45, 2.75) is 6.92 Å². The van der Waals surface area contributed by atoms with Gasteiger partial charge in [0.2, 0.25) is 0 Å². The molecule has 0 aliphatic carbocycles. The van der Waals surface area contributed by atoms with Crippen LogP contribution in [0.5, 0.6) is 0 Å². The number of halogens is 1. The number of nitrogens with one attached hydrogen (secondary N) is 1. The minimum Gasteiger partial charge on any atom is -0.306 e. The number of carbonyl (C=O) groups is 1. The van der Waals surface area contributed by atoms with E-state index in [-0.39, 0.29) is 5.91 Å². The number of aromatic nitrogens is 2. The molecular weight excluding hydrogens is 368 g/mol. The van der Waals surface area contributed by atoms with Crippen molar-refractivity contribution >= 4 is 27.5 Å². The van der Waals surface area contributed by atoms with Gasteiger partial charge in [0.05, 0.1) is 17.6 Å². The average molecular weight is 383 g/mol. The Morgan fingerprint density at radius 3 is 2.58 bits per heavy atom. The zero-order chi connectivity index (χ0) is 16.9. The second-order valence-electron chi connectivity index (χ2n) is 5.13. The minimum absolute atomic E-state index is 0.253. The Kier molecular flexibility index (Phi) is 4.86. The monoisotopic (exact) mass is 382 g/mol. The number of rotatable bonds is 4. The van der Waals surface area contributed by atoms with Crippen molar-refractivity contribution in [3.05, 3.63) is 82.9 Å². The van der Waals surface area contributed by atoms with Gasteiger partial charge in [0.15, 0.2) is 0 Å². The zero-order valence-corrected chi connectivity index (χ0v) is 14.6. The van der Waals surface area contributed by atoms with Crippen molar-refractivity contribution in [1.29, 1.82) is 0 Å². The first-order chi connectivity index (χ1) is 11.6. The molecule has 3 rings (SSSR count). The molecule has 0 aliphatic heterocycles. The Morgan fingerprint density at radius 1 is 1.17 bits per heavy atom. The van der Waals surface area contributed by atoms with Gasteiger partial charge < -0.3 is 4.57 Å². The molecule has 0 saturated heterocycles. The quantitative estimate of drug-likeness (QED) is 0.551. The molecule has 6 heteroatoms. The number of hydrogen-bond acceptors (Lipinski definition) is 3. The number of carbonyl (C=O) groups excluding carboxylic acids is 1. The molecule has 0 bridgehead atoms. The molecular formula is C18H15BrN4O. The highest BCUT2D eigenvalue weighted by atomic mass is 79.9. The van der Waals surface area contributed by atoms with Crippen LogP contribution in [0.4, 0.5) is 0 Å². The molecule has 120 valence electrons. The first-order valence-corrected chi connectivity index (χ1v) is 8.12. The van der Waals surface area contributed by atoms with E-state index in [1.807, 2.05) is 60.2 Å². The van der Waals surface area contributed by atoms with E-state index in [1.165, 1.54) is 0 Å². The fourth-order valence-corrected chi connectivity index (χ4v) is 2.66. The molecule has 1 heterocycles. The van der Waals surface area contributed by atoms with Crippen LogP contribution < -0.4 is 5.43 Å². The summed E-state index contributed by atoms with van der Waals surface area (Å²) in [6.45, 7) is 1.85. The molecule has 1 amide bonds. The SMILES string of the molecule is CC(=NNC(=O)c1ccccc1Br)c1ccc(-n2ccnc2)cc1. The van der Waals surface area contributed by atoms with E-state index in [0.29, 0.717) is 5.56 Å². The second-order valence-corrected chi connectivity index (χ2v) is 5.99. The van der Waals surface area contributed by atoms with E-state index < -0.39 is 0 Å². The summed E-state index contributed by atoms with van der Waals surface area (Å²) in [6.07, 6.45) is 5.36. The van der Waals surface area contributed by atoms with Gasteiger partial charge in [0.25, 0.3) is 5.91 Å². The van der Waals surface area contributed by atoms with Gasteiger partial charge in [0, 0.05) is 22.6 Å². The molecule has 3 aromatic rings. The molecule has 0 saturated carbocycles. The van der Waals surface area contributed by atoms with Crippen LogP contribution in [0.25, 0.3) is 5.69 Å². The van der Waals surface area contributed by atoms with Crippen LogP contribution in [0.3, 0.4) is 0 Å². The van der Waals surface area contributed by atoms with E-state index >= 15 is 0 Å². The molecule has 0 radical (unpaired) electrons. The fourth-order valence-electron chi connectivity index (χ4n) is 2.19. The summed E-state index contributed by atoms with van der Waals surface area (Å²) in [7, 11) is 0. The Balaban J connectivity index is 1.72. The van der Waals surface area contributed by atoms with Gasteiger partial charge in [-0.1, -0.05) is 24.3 Å². The Bertz CT molecular complexity index is 870. The van der Waals surface area contributed by atoms with Gasteiger partial charge in [-0.25, -0.2) is 10.4 Å². The van der Waals surface area contributed by atoms with E-state index in [1.54, 1.807) is 18.6 Å². The van der Waals surface area contributed by atoms with Crippen LogP contribution in [0.2, 0.25) is 0 Å². The molecule has 2 aromatic carbocycles. The van der Waals surface area contributed by atoms with Crippen molar-refractivity contribution in [3.63, 3.8) is 0 Å². The van der Waals surface area contributed by atoms with Crippen molar-refractivity contribution in [3.8, 4) is 5.69 Å². The topological polar surface area (TPSA) is 59.3 Å². The number of hydrogen-bond donors (Lipinski definition) is 1. The normalized spacial score (nSPS) is 11.3. The second kappa shape index (κ2) is 7.23. The van der Waals surface area contributed by atoms with Gasteiger partial charge in [-0.15, -0.1) is 0 Å². The lowest BCUT2D eigenvalue weighted by molar-refractivity contribution is 0.0954. The van der Waals surface area contributed by atoms with Crippen molar-refractivity contribution in [1.82, 2.24) is 15.0 Å². The zero-order valence-electron chi connectivity index (χ0n) is 13.0. The highest BCUT2D eigenvalue weighted by molar-refractivity contribution is 9.10. The summed E-state index contributed by atoms with van der Waals surface area (Å²) in [4.78, 5) is 16.2. The van der Waals surface area contributed by atoms with E-state index in [4.69, 9.17) is 0 Å². The Morgan fingerprint density at radius 2 is 1.92 bits per heavy atom. The van der Waals surface area contributed by atoms with Crippen molar-refractivity contribution in [2.24, 2.45) is 5.10 Å². The summed E-state index contributed by atoms with van der Waals surface area (Å²) in [6, 6.07) is 15.1. The van der Waals surface area contributed by atoms with E-state index in [9.17, 15) is 4.79 Å². The third-order valence-electron chi connectivity index (χ3n) is 3.53. The summed E-state index contributed by atoms with van der Waals surface area (Å²) >= 11 is 3.36. The molecule has 0 spiro atoms. The van der Waals surface area contributed by atoms with E-state index in [0.717, 1.165) is 21.4 Å². The predicted octanol–water partition coefficient (Wildman–Crippen LogP) is 3.79. The molecule has 0 atom stereocenters. The predicted molar refractivity (Wildman–Crippen MR) is 97.4 cm³/mol. The molecule has 0 unspecified atom stereocenters. The van der Waals surface area contributed by atoms with Crippen LogP contribution in [-0.2, 0) is 0 Å². The Hall–Kier alpha value is -2.73. The number of hydrazone groups is 1. The van der Waals surface area contributed by atoms with Crippen molar-refractivity contribution < 1.29 is 4.79 Å². The lowest BCUT2D eigenvalue weighted by Crippen LogP contribution is -2.19. The molecule has 24 heavy (non-hydrogen) atoms. The third kappa shape index (κ3) is 3.60. The summed E-state index contributed by atoms with van der Waals surface area (Å²) in [5.41, 5.74) is 5.81. The Labute approximate surface area is 148 Å². The van der Waals surface area contributed by atoms with Gasteiger partial charge in [-0.05, 0) is 52.7 Å². The summed E-state index contributed by atoms with van der Waals surface area (Å²) in [5.74, 6) is -0.253. The highest BCUT2D eigenvalue weighted by Gasteiger charge is 2.08. The summed E-state index contributed by atoms with van der Waals surface area (Å²) in [5, 5.41) is 4.18. The molecule has 1 N–H and O–H groups in total. The van der Waals surface area contributed by atoms with Crippen LogP contribution in [0.15, 0.2) is 76.8 Å². The third-order valence-corrected chi connectivity index (χ3v) is 4.22. The van der Waals surface area contributed by atoms with Gasteiger partial charge in [-0.2, -0.15) is 5.10 Å². The van der Waals surface area contributed by atoms with Gasteiger partial charge in [0.1, 0.15) is 0 Å². The van der Waals surface area contributed by atoms with Crippen LogP contribution >= 0.6 is 15.9 Å². The maximum Gasteiger partial charge on any atom is 0.272 e. The number of nitrogens with zero attached hydrogens (tertiary/aromatic N) is 3. The van der Waals surface area contributed by atoms with Crippen molar-refractivity contribution in [2.75, 3.05) is 0 Å². The average Bonchev–Trinajstić information content (AvgIpc) is 3.14. The van der Waals surface area contributed by atoms with Gasteiger partial charge >= 0.3 is 0 Å². The standard InChI is InChI=1S/C18H15BrN4O/c1-13(21-22-18(24)16-4-2-3-5-17(16)19)14-6-8-15(9-7-14)23-11-10-20-12-23/h2-12H,1H3,(H,22,24). The molecule has 5 nitrogen and oxygen atoms in total. The van der Waals surface area contributed by atoms with Crippen LogP contribution in [0, 0.1) is 0 Å². The van der Waals surface area contributed by atoms with E-state index in [2.05, 4.69) is 31.4 Å².